The predicted octanol–water partition coefficient (Wildman–Crippen LogP) is 3.74. The van der Waals surface area contributed by atoms with Gasteiger partial charge in [0.25, 0.3) is 5.91 Å². The van der Waals surface area contributed by atoms with Crippen molar-refractivity contribution in [3.05, 3.63) is 84.3 Å². The fraction of sp³-hybridized carbons (Fsp3) is 0.0800. The van der Waals surface area contributed by atoms with Crippen molar-refractivity contribution in [3.8, 4) is 28.1 Å². The minimum atomic E-state index is -0.511. The lowest BCUT2D eigenvalue weighted by Crippen LogP contribution is -2.23. The number of H-pyrrole nitrogens is 1. The summed E-state index contributed by atoms with van der Waals surface area (Å²) < 4.78 is 18.7. The number of aromatic nitrogens is 5. The van der Waals surface area contributed by atoms with Crippen molar-refractivity contribution in [1.29, 1.82) is 0 Å². The molecule has 0 aliphatic carbocycles. The number of fused-ring (bicyclic) bond motifs is 1. The number of nitrogens with two attached hydrogens (primary N) is 1. The summed E-state index contributed by atoms with van der Waals surface area (Å²) in [4.78, 5) is 25.3. The molecule has 0 saturated carbocycles. The van der Waals surface area contributed by atoms with Gasteiger partial charge in [-0.2, -0.15) is 5.10 Å². The molecule has 0 unspecified atom stereocenters. The van der Waals surface area contributed by atoms with Gasteiger partial charge in [-0.25, -0.2) is 14.4 Å². The van der Waals surface area contributed by atoms with Crippen molar-refractivity contribution in [1.82, 2.24) is 30.5 Å². The number of pyridine rings is 1. The van der Waals surface area contributed by atoms with E-state index in [1.54, 1.807) is 18.6 Å². The highest BCUT2D eigenvalue weighted by molar-refractivity contribution is 6.06. The molecule has 3 aromatic heterocycles. The lowest BCUT2D eigenvalue weighted by atomic mass is 10.0. The number of carbonyl (C=O) groups is 1. The molecule has 0 saturated heterocycles. The van der Waals surface area contributed by atoms with E-state index in [1.165, 1.54) is 25.6 Å². The van der Waals surface area contributed by atoms with Gasteiger partial charge in [-0.05, 0) is 23.8 Å². The molecule has 1 amide bonds. The van der Waals surface area contributed by atoms with Crippen LogP contribution in [0.4, 0.5) is 10.2 Å². The minimum absolute atomic E-state index is 0.134. The second-order valence-corrected chi connectivity index (χ2v) is 7.73. The van der Waals surface area contributed by atoms with Crippen molar-refractivity contribution < 1.29 is 13.9 Å². The van der Waals surface area contributed by atoms with Gasteiger partial charge in [-0.15, -0.1) is 0 Å². The molecule has 0 spiro atoms. The average Bonchev–Trinajstić information content (AvgIpc) is 3.29. The number of benzene rings is 2. The number of nitrogens with one attached hydrogen (secondary N) is 2. The smallest absolute Gasteiger partial charge is 0.255 e. The highest BCUT2D eigenvalue weighted by Crippen LogP contribution is 2.35. The summed E-state index contributed by atoms with van der Waals surface area (Å²) in [5.74, 6) is -0.303. The summed E-state index contributed by atoms with van der Waals surface area (Å²) in [5.41, 5.74) is 11.0. The molecule has 0 aliphatic rings. The van der Waals surface area contributed by atoms with Gasteiger partial charge in [0.2, 0.25) is 0 Å². The van der Waals surface area contributed by atoms with Gasteiger partial charge in [-0.3, -0.25) is 14.9 Å². The highest BCUT2D eigenvalue weighted by atomic mass is 19.1. The fourth-order valence-electron chi connectivity index (χ4n) is 3.84. The first-order valence-corrected chi connectivity index (χ1v) is 10.6. The molecule has 0 atom stereocenters. The lowest BCUT2D eigenvalue weighted by Gasteiger charge is -2.10. The SMILES string of the molecule is COc1ccc(F)cc1C(=O)NCc1ccc(-c2ncc(-c3cncnc3)c3[nH]nc(N)c23)cc1. The third-order valence-electron chi connectivity index (χ3n) is 5.58. The molecule has 2 aromatic carbocycles. The molecule has 3 heterocycles. The number of carbonyl (C=O) groups excluding carboxylic acids is 1. The quantitative estimate of drug-likeness (QED) is 0.345. The van der Waals surface area contributed by atoms with Gasteiger partial charge >= 0.3 is 0 Å². The highest BCUT2D eigenvalue weighted by Gasteiger charge is 2.17. The Hall–Kier alpha value is -4.86. The van der Waals surface area contributed by atoms with Crippen LogP contribution in [0.25, 0.3) is 33.3 Å². The van der Waals surface area contributed by atoms with Crippen LogP contribution in [0.3, 0.4) is 0 Å². The van der Waals surface area contributed by atoms with Gasteiger partial charge in [-0.1, -0.05) is 24.3 Å². The molecule has 0 radical (unpaired) electrons. The summed E-state index contributed by atoms with van der Waals surface area (Å²) in [6, 6.07) is 11.3. The fourth-order valence-corrected chi connectivity index (χ4v) is 3.84. The van der Waals surface area contributed by atoms with Gasteiger partial charge in [0.1, 0.15) is 17.9 Å². The number of anilines is 1. The minimum Gasteiger partial charge on any atom is -0.496 e. The Kier molecular flexibility index (Phi) is 5.76. The topological polar surface area (TPSA) is 132 Å². The van der Waals surface area contributed by atoms with E-state index in [2.05, 4.69) is 30.5 Å². The Balaban J connectivity index is 1.39. The van der Waals surface area contributed by atoms with Crippen LogP contribution in [-0.2, 0) is 6.54 Å². The molecule has 4 N–H and O–H groups in total. The monoisotopic (exact) mass is 469 g/mol. The van der Waals surface area contributed by atoms with E-state index < -0.39 is 11.7 Å². The number of rotatable bonds is 6. The molecule has 5 rings (SSSR count). The maximum Gasteiger partial charge on any atom is 0.255 e. The zero-order valence-corrected chi connectivity index (χ0v) is 18.6. The molecule has 5 aromatic rings. The normalized spacial score (nSPS) is 10.9. The third kappa shape index (κ3) is 4.24. The van der Waals surface area contributed by atoms with Crippen molar-refractivity contribution in [3.63, 3.8) is 0 Å². The number of halogens is 1. The first kappa shape index (κ1) is 22.0. The molecular formula is C25H20FN7O2. The van der Waals surface area contributed by atoms with E-state index in [0.717, 1.165) is 33.8 Å². The average molecular weight is 469 g/mol. The number of hydrogen-bond donors (Lipinski definition) is 3. The van der Waals surface area contributed by atoms with Crippen LogP contribution < -0.4 is 15.8 Å². The number of hydrogen-bond acceptors (Lipinski definition) is 7. The third-order valence-corrected chi connectivity index (χ3v) is 5.58. The maximum atomic E-state index is 13.6. The second-order valence-electron chi connectivity index (χ2n) is 7.73. The number of aromatic amines is 1. The zero-order chi connectivity index (χ0) is 24.4. The van der Waals surface area contributed by atoms with Crippen LogP contribution in [0.15, 0.2) is 67.4 Å². The summed E-state index contributed by atoms with van der Waals surface area (Å²) in [6.07, 6.45) is 6.59. The van der Waals surface area contributed by atoms with E-state index in [9.17, 15) is 9.18 Å². The Bertz CT molecular complexity index is 1520. The van der Waals surface area contributed by atoms with Gasteiger partial charge in [0.05, 0.1) is 29.3 Å². The van der Waals surface area contributed by atoms with Gasteiger partial charge < -0.3 is 15.8 Å². The first-order valence-electron chi connectivity index (χ1n) is 10.6. The van der Waals surface area contributed by atoms with Gasteiger partial charge in [0, 0.05) is 41.8 Å². The largest absolute Gasteiger partial charge is 0.496 e. The number of amides is 1. The number of methoxy groups -OCH3 is 1. The van der Waals surface area contributed by atoms with Crippen molar-refractivity contribution in [2.45, 2.75) is 6.54 Å². The Morgan fingerprint density at radius 2 is 1.86 bits per heavy atom. The summed E-state index contributed by atoms with van der Waals surface area (Å²) >= 11 is 0. The molecular weight excluding hydrogens is 449 g/mol. The summed E-state index contributed by atoms with van der Waals surface area (Å²) in [7, 11) is 1.43. The number of nitrogen functional groups attached to an aromatic ring is 1. The number of ether oxygens (including phenoxy) is 1. The Morgan fingerprint density at radius 1 is 1.09 bits per heavy atom. The van der Waals surface area contributed by atoms with E-state index in [0.29, 0.717) is 22.6 Å². The summed E-state index contributed by atoms with van der Waals surface area (Å²) in [5, 5.41) is 10.6. The van der Waals surface area contributed by atoms with Gasteiger partial charge in [0.15, 0.2) is 5.82 Å². The molecule has 35 heavy (non-hydrogen) atoms. The van der Waals surface area contributed by atoms with E-state index in [-0.39, 0.29) is 12.1 Å². The van der Waals surface area contributed by atoms with Crippen molar-refractivity contribution in [2.24, 2.45) is 0 Å². The second kappa shape index (κ2) is 9.18. The summed E-state index contributed by atoms with van der Waals surface area (Å²) in [6.45, 7) is 0.252. The maximum absolute atomic E-state index is 13.6. The molecule has 174 valence electrons. The zero-order valence-electron chi connectivity index (χ0n) is 18.6. The molecule has 9 nitrogen and oxygen atoms in total. The molecule has 0 bridgehead atoms. The van der Waals surface area contributed by atoms with Crippen LogP contribution in [0, 0.1) is 5.82 Å². The van der Waals surface area contributed by atoms with E-state index in [4.69, 9.17) is 10.5 Å². The Labute approximate surface area is 199 Å². The van der Waals surface area contributed by atoms with Crippen molar-refractivity contribution >= 4 is 22.6 Å². The lowest BCUT2D eigenvalue weighted by molar-refractivity contribution is 0.0947. The van der Waals surface area contributed by atoms with Crippen LogP contribution in [0.5, 0.6) is 5.75 Å². The van der Waals surface area contributed by atoms with Crippen LogP contribution in [-0.4, -0.2) is 38.2 Å². The molecule has 0 aliphatic heterocycles. The van der Waals surface area contributed by atoms with Crippen LogP contribution in [0.1, 0.15) is 15.9 Å². The first-order chi connectivity index (χ1) is 17.0. The van der Waals surface area contributed by atoms with E-state index >= 15 is 0 Å². The molecule has 10 heteroatoms. The van der Waals surface area contributed by atoms with Crippen molar-refractivity contribution in [2.75, 3.05) is 12.8 Å². The van der Waals surface area contributed by atoms with E-state index in [1.807, 2.05) is 24.3 Å². The standard InChI is InChI=1S/C25H20FN7O2/c1-35-20-7-6-17(26)8-18(20)25(34)31-9-14-2-4-15(5-3-14)22-21-23(32-33-24(21)27)19(12-30-22)16-10-28-13-29-11-16/h2-8,10-13H,9H2,1H3,(H,31,34)(H3,27,32,33). The predicted molar refractivity (Wildman–Crippen MR) is 129 cm³/mol. The molecule has 0 fully saturated rings. The Morgan fingerprint density at radius 3 is 2.60 bits per heavy atom. The van der Waals surface area contributed by atoms with Crippen LogP contribution >= 0.6 is 0 Å². The number of nitrogens with zero attached hydrogens (tertiary/aromatic N) is 4. The van der Waals surface area contributed by atoms with Crippen LogP contribution in [0.2, 0.25) is 0 Å².